The van der Waals surface area contributed by atoms with Crippen LogP contribution in [0.15, 0.2) is 53.6 Å². The van der Waals surface area contributed by atoms with Crippen molar-refractivity contribution in [3.8, 4) is 27.7 Å². The molecule has 0 aliphatic heterocycles. The highest BCUT2D eigenvalue weighted by Crippen LogP contribution is 2.34. The first-order valence-corrected chi connectivity index (χ1v) is 9.47. The second-order valence-electron chi connectivity index (χ2n) is 5.91. The van der Waals surface area contributed by atoms with E-state index >= 15 is 0 Å². The molecule has 0 saturated carbocycles. The summed E-state index contributed by atoms with van der Waals surface area (Å²) in [5, 5.41) is 4.02. The van der Waals surface area contributed by atoms with Gasteiger partial charge in [0.15, 0.2) is 11.5 Å². The smallest absolute Gasteiger partial charge is 0.283 e. The molecule has 0 unspecified atom stereocenters. The molecule has 2 aromatic carbocycles. The number of hydrogen-bond acceptors (Lipinski definition) is 7. The second-order valence-corrected chi connectivity index (χ2v) is 6.96. The number of rotatable bonds is 7. The van der Waals surface area contributed by atoms with Gasteiger partial charge in [-0.05, 0) is 48.0 Å². The molecule has 29 heavy (non-hydrogen) atoms. The molecule has 3 aromatic rings. The van der Waals surface area contributed by atoms with Crippen LogP contribution in [0.4, 0.5) is 5.69 Å². The van der Waals surface area contributed by atoms with Crippen LogP contribution in [-0.4, -0.2) is 33.5 Å². The van der Waals surface area contributed by atoms with Crippen molar-refractivity contribution in [3.05, 3.63) is 59.0 Å². The molecule has 3 N–H and O–H groups in total. The van der Waals surface area contributed by atoms with E-state index in [4.69, 9.17) is 19.9 Å². The first-order chi connectivity index (χ1) is 14.1. The van der Waals surface area contributed by atoms with Gasteiger partial charge in [-0.15, -0.1) is 11.3 Å². The third kappa shape index (κ3) is 4.49. The summed E-state index contributed by atoms with van der Waals surface area (Å²) in [5.41, 5.74) is 10.6. The number of benzene rings is 2. The van der Waals surface area contributed by atoms with Gasteiger partial charge in [-0.2, -0.15) is 5.10 Å². The third-order valence-corrected chi connectivity index (χ3v) is 5.34. The van der Waals surface area contributed by atoms with Gasteiger partial charge in [0, 0.05) is 10.4 Å². The molecule has 8 heteroatoms. The minimum atomic E-state index is -0.384. The summed E-state index contributed by atoms with van der Waals surface area (Å²) < 4.78 is 15.8. The van der Waals surface area contributed by atoms with Crippen LogP contribution in [0.2, 0.25) is 0 Å². The number of nitrogen functional groups attached to an aromatic ring is 1. The predicted octanol–water partition coefficient (Wildman–Crippen LogP) is 3.79. The van der Waals surface area contributed by atoms with Crippen molar-refractivity contribution in [2.75, 3.05) is 27.1 Å². The summed E-state index contributed by atoms with van der Waals surface area (Å²) in [4.78, 5) is 13.8. The quantitative estimate of drug-likeness (QED) is 0.456. The third-order valence-electron chi connectivity index (χ3n) is 4.14. The van der Waals surface area contributed by atoms with Crippen molar-refractivity contribution in [1.29, 1.82) is 0 Å². The fraction of sp³-hybridized carbons (Fsp3) is 0.143. The number of carbonyl (C=O) groups excluding carboxylic acids is 1. The standard InChI is InChI=1S/C21H21N3O4S/c1-26-15-9-7-13(8-10-15)18-11-16(22)20(29-18)21(25)24-23-12-14-5-4-6-17(27-2)19(14)28-3/h4-12H,22H2,1-3H3,(H,24,25)/b23-12-. The molecule has 7 nitrogen and oxygen atoms in total. The van der Waals surface area contributed by atoms with Crippen LogP contribution in [0.25, 0.3) is 10.4 Å². The molecule has 0 fully saturated rings. The van der Waals surface area contributed by atoms with E-state index in [-0.39, 0.29) is 5.91 Å². The minimum Gasteiger partial charge on any atom is -0.497 e. The topological polar surface area (TPSA) is 95.2 Å². The van der Waals surface area contributed by atoms with Gasteiger partial charge in [-0.3, -0.25) is 4.79 Å². The maximum Gasteiger partial charge on any atom is 0.283 e. The highest BCUT2D eigenvalue weighted by Gasteiger charge is 2.15. The molecule has 1 aromatic heterocycles. The van der Waals surface area contributed by atoms with Gasteiger partial charge in [-0.1, -0.05) is 6.07 Å². The molecule has 0 atom stereocenters. The number of nitrogens with zero attached hydrogens (tertiary/aromatic N) is 1. The summed E-state index contributed by atoms with van der Waals surface area (Å²) in [6.45, 7) is 0. The number of para-hydroxylation sites is 1. The number of ether oxygens (including phenoxy) is 3. The largest absolute Gasteiger partial charge is 0.497 e. The molecule has 0 spiro atoms. The van der Waals surface area contributed by atoms with Gasteiger partial charge in [0.1, 0.15) is 10.6 Å². The number of carbonyl (C=O) groups is 1. The average Bonchev–Trinajstić information content (AvgIpc) is 3.15. The Kier molecular flexibility index (Phi) is 6.36. The Morgan fingerprint density at radius 1 is 1.07 bits per heavy atom. The molecule has 1 heterocycles. The van der Waals surface area contributed by atoms with Crippen LogP contribution < -0.4 is 25.4 Å². The SMILES string of the molecule is COc1ccc(-c2cc(N)c(C(=O)N/N=C\c3cccc(OC)c3OC)s2)cc1. The van der Waals surface area contributed by atoms with Crippen molar-refractivity contribution >= 4 is 29.1 Å². The molecule has 0 aliphatic rings. The van der Waals surface area contributed by atoms with Crippen molar-refractivity contribution < 1.29 is 19.0 Å². The molecule has 0 aliphatic carbocycles. The summed E-state index contributed by atoms with van der Waals surface area (Å²) in [5.74, 6) is 1.49. The van der Waals surface area contributed by atoms with Gasteiger partial charge in [0.2, 0.25) is 0 Å². The number of anilines is 1. The number of methoxy groups -OCH3 is 3. The Morgan fingerprint density at radius 2 is 1.83 bits per heavy atom. The van der Waals surface area contributed by atoms with Crippen LogP contribution in [-0.2, 0) is 0 Å². The number of nitrogens with two attached hydrogens (primary N) is 1. The number of hydrazone groups is 1. The first kappa shape index (κ1) is 20.2. The van der Waals surface area contributed by atoms with E-state index in [9.17, 15) is 4.79 Å². The van der Waals surface area contributed by atoms with Crippen LogP contribution in [0, 0.1) is 0 Å². The van der Waals surface area contributed by atoms with Gasteiger partial charge in [0.25, 0.3) is 5.91 Å². The maximum absolute atomic E-state index is 12.5. The van der Waals surface area contributed by atoms with Crippen molar-refractivity contribution in [2.24, 2.45) is 5.10 Å². The van der Waals surface area contributed by atoms with E-state index in [2.05, 4.69) is 10.5 Å². The van der Waals surface area contributed by atoms with Crippen LogP contribution in [0.3, 0.4) is 0 Å². The molecular formula is C21H21N3O4S. The predicted molar refractivity (Wildman–Crippen MR) is 115 cm³/mol. The van der Waals surface area contributed by atoms with Gasteiger partial charge < -0.3 is 19.9 Å². The lowest BCUT2D eigenvalue weighted by Crippen LogP contribution is -2.17. The molecule has 0 radical (unpaired) electrons. The van der Waals surface area contributed by atoms with Crippen LogP contribution in [0.5, 0.6) is 17.2 Å². The van der Waals surface area contributed by atoms with E-state index in [1.165, 1.54) is 17.6 Å². The lowest BCUT2D eigenvalue weighted by atomic mass is 10.2. The Hall–Kier alpha value is -3.52. The van der Waals surface area contributed by atoms with Crippen molar-refractivity contribution in [3.63, 3.8) is 0 Å². The first-order valence-electron chi connectivity index (χ1n) is 8.65. The van der Waals surface area contributed by atoms with Crippen molar-refractivity contribution in [2.45, 2.75) is 0 Å². The van der Waals surface area contributed by atoms with E-state index in [1.807, 2.05) is 30.3 Å². The van der Waals surface area contributed by atoms with Gasteiger partial charge in [-0.25, -0.2) is 5.43 Å². The van der Waals surface area contributed by atoms with Gasteiger partial charge in [0.05, 0.1) is 33.2 Å². The molecule has 0 bridgehead atoms. The van der Waals surface area contributed by atoms with Gasteiger partial charge >= 0.3 is 0 Å². The summed E-state index contributed by atoms with van der Waals surface area (Å²) in [7, 11) is 4.71. The van der Waals surface area contributed by atoms with E-state index < -0.39 is 0 Å². The van der Waals surface area contributed by atoms with E-state index in [1.54, 1.807) is 39.5 Å². The highest BCUT2D eigenvalue weighted by molar-refractivity contribution is 7.18. The Bertz CT molecular complexity index is 1030. The Balaban J connectivity index is 1.75. The zero-order valence-corrected chi connectivity index (χ0v) is 17.1. The molecule has 150 valence electrons. The second kappa shape index (κ2) is 9.11. The lowest BCUT2D eigenvalue weighted by molar-refractivity contribution is 0.0960. The minimum absolute atomic E-state index is 0.384. The highest BCUT2D eigenvalue weighted by atomic mass is 32.1. The normalized spacial score (nSPS) is 10.7. The monoisotopic (exact) mass is 411 g/mol. The Morgan fingerprint density at radius 3 is 2.48 bits per heavy atom. The summed E-state index contributed by atoms with van der Waals surface area (Å²) in [6, 6.07) is 14.7. The molecule has 0 saturated heterocycles. The number of hydrogen-bond donors (Lipinski definition) is 2. The summed E-state index contributed by atoms with van der Waals surface area (Å²) >= 11 is 1.30. The lowest BCUT2D eigenvalue weighted by Gasteiger charge is -2.09. The summed E-state index contributed by atoms with van der Waals surface area (Å²) in [6.07, 6.45) is 1.49. The van der Waals surface area contributed by atoms with E-state index in [0.29, 0.717) is 27.6 Å². The number of amides is 1. The molecule has 3 rings (SSSR count). The van der Waals surface area contributed by atoms with Crippen LogP contribution >= 0.6 is 11.3 Å². The average molecular weight is 411 g/mol. The zero-order valence-electron chi connectivity index (χ0n) is 16.3. The molecule has 1 amide bonds. The maximum atomic E-state index is 12.5. The Labute approximate surface area is 172 Å². The fourth-order valence-corrected chi connectivity index (χ4v) is 3.68. The fourth-order valence-electron chi connectivity index (χ4n) is 2.70. The molecular weight excluding hydrogens is 390 g/mol. The van der Waals surface area contributed by atoms with Crippen molar-refractivity contribution in [1.82, 2.24) is 5.43 Å². The zero-order chi connectivity index (χ0) is 20.8. The van der Waals surface area contributed by atoms with Crippen LogP contribution in [0.1, 0.15) is 15.2 Å². The van der Waals surface area contributed by atoms with E-state index in [0.717, 1.165) is 16.2 Å². The number of nitrogens with one attached hydrogen (secondary N) is 1. The number of thiophene rings is 1.